The topological polar surface area (TPSA) is 64.4 Å². The minimum absolute atomic E-state index is 0.0351. The first-order valence-electron chi connectivity index (χ1n) is 5.92. The lowest BCUT2D eigenvalue weighted by Crippen LogP contribution is -2.24. The number of nitrogens with zero attached hydrogens (tertiary/aromatic N) is 1. The van der Waals surface area contributed by atoms with Gasteiger partial charge in [-0.3, -0.25) is 4.79 Å². The highest BCUT2D eigenvalue weighted by Gasteiger charge is 2.11. The molecule has 2 aromatic heterocycles. The maximum atomic E-state index is 11.8. The summed E-state index contributed by atoms with van der Waals surface area (Å²) in [5.74, 6) is 0.710. The lowest BCUT2D eigenvalue weighted by atomic mass is 10.3. The van der Waals surface area contributed by atoms with Crippen LogP contribution in [0, 0.1) is 6.92 Å². The Hall–Kier alpha value is -1.66. The quantitative estimate of drug-likeness (QED) is 0.879. The number of carbonyl (C=O) groups excluding carboxylic acids is 1. The Morgan fingerprint density at radius 2 is 2.42 bits per heavy atom. The predicted octanol–water partition coefficient (Wildman–Crippen LogP) is 2.05. The molecule has 0 atom stereocenters. The van der Waals surface area contributed by atoms with Crippen LogP contribution in [0.5, 0.6) is 0 Å². The summed E-state index contributed by atoms with van der Waals surface area (Å²) < 4.78 is 10.2. The molecular formula is C13H16N2O3S. The van der Waals surface area contributed by atoms with Crippen LogP contribution in [0.4, 0.5) is 0 Å². The molecule has 0 fully saturated rings. The molecule has 2 rings (SSSR count). The van der Waals surface area contributed by atoms with Crippen molar-refractivity contribution < 1.29 is 13.9 Å². The van der Waals surface area contributed by atoms with Gasteiger partial charge in [0.05, 0.1) is 31.5 Å². The predicted molar refractivity (Wildman–Crippen MR) is 71.8 cm³/mol. The van der Waals surface area contributed by atoms with E-state index in [1.54, 1.807) is 19.4 Å². The van der Waals surface area contributed by atoms with Crippen molar-refractivity contribution in [3.8, 4) is 0 Å². The molecule has 0 aromatic carbocycles. The molecule has 0 saturated carbocycles. The van der Waals surface area contributed by atoms with Crippen molar-refractivity contribution in [3.63, 3.8) is 0 Å². The normalized spacial score (nSPS) is 10.6. The highest BCUT2D eigenvalue weighted by atomic mass is 32.1. The van der Waals surface area contributed by atoms with Gasteiger partial charge >= 0.3 is 0 Å². The number of hydrogen-bond donors (Lipinski definition) is 1. The summed E-state index contributed by atoms with van der Waals surface area (Å²) in [6, 6.07) is 3.63. The molecular weight excluding hydrogens is 264 g/mol. The molecule has 0 radical (unpaired) electrons. The van der Waals surface area contributed by atoms with Gasteiger partial charge in [-0.1, -0.05) is 0 Å². The Bertz CT molecular complexity index is 534. The first kappa shape index (κ1) is 13.8. The Labute approximate surface area is 115 Å². The van der Waals surface area contributed by atoms with Crippen LogP contribution < -0.4 is 5.32 Å². The molecule has 0 bridgehead atoms. The molecule has 0 aliphatic carbocycles. The zero-order valence-corrected chi connectivity index (χ0v) is 11.8. The summed E-state index contributed by atoms with van der Waals surface area (Å²) in [5.41, 5.74) is 0.894. The fraction of sp³-hybridized carbons (Fsp3) is 0.385. The number of aryl methyl sites for hydroxylation is 1. The van der Waals surface area contributed by atoms with Gasteiger partial charge in [0.15, 0.2) is 0 Å². The third-order valence-electron chi connectivity index (χ3n) is 2.57. The van der Waals surface area contributed by atoms with Gasteiger partial charge < -0.3 is 14.5 Å². The van der Waals surface area contributed by atoms with E-state index in [9.17, 15) is 4.79 Å². The van der Waals surface area contributed by atoms with E-state index in [-0.39, 0.29) is 5.91 Å². The number of hydrogen-bond acceptors (Lipinski definition) is 5. The molecule has 2 heterocycles. The lowest BCUT2D eigenvalue weighted by Gasteiger charge is -2.02. The second-order valence-electron chi connectivity index (χ2n) is 4.08. The van der Waals surface area contributed by atoms with E-state index in [1.807, 2.05) is 13.0 Å². The van der Waals surface area contributed by atoms with Crippen LogP contribution >= 0.6 is 11.3 Å². The van der Waals surface area contributed by atoms with Gasteiger partial charge in [-0.15, -0.1) is 11.3 Å². The minimum atomic E-state index is -0.0351. The first-order chi connectivity index (χ1) is 9.19. The van der Waals surface area contributed by atoms with Crippen molar-refractivity contribution in [2.75, 3.05) is 7.11 Å². The third-order valence-corrected chi connectivity index (χ3v) is 3.70. The number of methoxy groups -OCH3 is 1. The van der Waals surface area contributed by atoms with Crippen LogP contribution in [0.3, 0.4) is 0 Å². The molecule has 6 heteroatoms. The molecule has 0 aliphatic heterocycles. The molecule has 0 spiro atoms. The zero-order valence-electron chi connectivity index (χ0n) is 10.9. The summed E-state index contributed by atoms with van der Waals surface area (Å²) in [7, 11) is 1.63. The Morgan fingerprint density at radius 3 is 3.11 bits per heavy atom. The van der Waals surface area contributed by atoms with Crippen LogP contribution in [-0.2, 0) is 29.1 Å². The van der Waals surface area contributed by atoms with Crippen molar-refractivity contribution in [3.05, 3.63) is 39.7 Å². The summed E-state index contributed by atoms with van der Waals surface area (Å²) >= 11 is 1.52. The number of thiazole rings is 1. The van der Waals surface area contributed by atoms with Crippen molar-refractivity contribution in [2.24, 2.45) is 0 Å². The second kappa shape index (κ2) is 6.49. The number of nitrogens with one attached hydrogen (secondary N) is 1. The van der Waals surface area contributed by atoms with Gasteiger partial charge in [0, 0.05) is 12.0 Å². The third kappa shape index (κ3) is 3.90. The number of carbonyl (C=O) groups is 1. The highest BCUT2D eigenvalue weighted by Crippen LogP contribution is 2.19. The maximum Gasteiger partial charge on any atom is 0.225 e. The number of rotatable bonds is 6. The van der Waals surface area contributed by atoms with Gasteiger partial charge in [-0.25, -0.2) is 4.98 Å². The molecule has 0 unspecified atom stereocenters. The molecule has 2 aromatic rings. The van der Waals surface area contributed by atoms with E-state index in [0.717, 1.165) is 21.3 Å². The molecule has 102 valence electrons. The molecule has 1 amide bonds. The number of amides is 1. The lowest BCUT2D eigenvalue weighted by molar-refractivity contribution is -0.120. The van der Waals surface area contributed by atoms with Gasteiger partial charge in [0.2, 0.25) is 5.91 Å². The molecule has 0 saturated heterocycles. The van der Waals surface area contributed by atoms with Gasteiger partial charge in [0.25, 0.3) is 0 Å². The number of ether oxygens (including phenoxy) is 1. The monoisotopic (exact) mass is 280 g/mol. The summed E-state index contributed by atoms with van der Waals surface area (Å²) in [4.78, 5) is 17.2. The van der Waals surface area contributed by atoms with E-state index >= 15 is 0 Å². The average molecular weight is 280 g/mol. The minimum Gasteiger partial charge on any atom is -0.467 e. The second-order valence-corrected chi connectivity index (χ2v) is 5.25. The number of furan rings is 1. The fourth-order valence-electron chi connectivity index (χ4n) is 1.64. The molecule has 1 N–H and O–H groups in total. The van der Waals surface area contributed by atoms with E-state index in [1.165, 1.54) is 11.3 Å². The Morgan fingerprint density at radius 1 is 1.58 bits per heavy atom. The van der Waals surface area contributed by atoms with Gasteiger partial charge in [-0.2, -0.15) is 0 Å². The largest absolute Gasteiger partial charge is 0.467 e. The first-order valence-corrected chi connectivity index (χ1v) is 6.74. The fourth-order valence-corrected chi connectivity index (χ4v) is 2.69. The summed E-state index contributed by atoms with van der Waals surface area (Å²) in [5, 5.41) is 3.71. The van der Waals surface area contributed by atoms with E-state index in [0.29, 0.717) is 19.6 Å². The maximum absolute atomic E-state index is 11.8. The Kier molecular flexibility index (Phi) is 4.70. The van der Waals surface area contributed by atoms with Crippen molar-refractivity contribution >= 4 is 17.2 Å². The smallest absolute Gasteiger partial charge is 0.225 e. The van der Waals surface area contributed by atoms with Crippen molar-refractivity contribution in [1.82, 2.24) is 10.3 Å². The Balaban J connectivity index is 1.87. The van der Waals surface area contributed by atoms with E-state index < -0.39 is 0 Å². The van der Waals surface area contributed by atoms with Crippen molar-refractivity contribution in [1.29, 1.82) is 0 Å². The van der Waals surface area contributed by atoms with Crippen LogP contribution in [0.25, 0.3) is 0 Å². The van der Waals surface area contributed by atoms with Crippen LogP contribution in [0.1, 0.15) is 21.3 Å². The number of aromatic nitrogens is 1. The summed E-state index contributed by atoms with van der Waals surface area (Å²) in [6.07, 6.45) is 1.93. The average Bonchev–Trinajstić information content (AvgIpc) is 2.98. The van der Waals surface area contributed by atoms with E-state index in [4.69, 9.17) is 9.15 Å². The summed E-state index contributed by atoms with van der Waals surface area (Å²) in [6.45, 7) is 2.80. The van der Waals surface area contributed by atoms with E-state index in [2.05, 4.69) is 10.3 Å². The van der Waals surface area contributed by atoms with Crippen LogP contribution in [0.2, 0.25) is 0 Å². The SMILES string of the molecule is COCc1nc(C)c(CC(=O)NCc2ccco2)s1. The molecule has 0 aliphatic rings. The van der Waals surface area contributed by atoms with Crippen molar-refractivity contribution in [2.45, 2.75) is 26.5 Å². The van der Waals surface area contributed by atoms with Gasteiger partial charge in [0.1, 0.15) is 10.8 Å². The van der Waals surface area contributed by atoms with Crippen LogP contribution in [-0.4, -0.2) is 18.0 Å². The molecule has 19 heavy (non-hydrogen) atoms. The molecule has 5 nitrogen and oxygen atoms in total. The van der Waals surface area contributed by atoms with Crippen LogP contribution in [0.15, 0.2) is 22.8 Å². The highest BCUT2D eigenvalue weighted by molar-refractivity contribution is 7.11. The van der Waals surface area contributed by atoms with Gasteiger partial charge in [-0.05, 0) is 19.1 Å². The standard InChI is InChI=1S/C13H16N2O3S/c1-9-11(19-13(15-9)8-17-2)6-12(16)14-7-10-4-3-5-18-10/h3-5H,6-8H2,1-2H3,(H,14,16). The zero-order chi connectivity index (χ0) is 13.7.